The first kappa shape index (κ1) is 16.4. The van der Waals surface area contributed by atoms with Crippen molar-refractivity contribution in [2.24, 2.45) is 0 Å². The van der Waals surface area contributed by atoms with Crippen molar-refractivity contribution in [1.29, 1.82) is 0 Å². The molecule has 29 heavy (non-hydrogen) atoms. The van der Waals surface area contributed by atoms with Gasteiger partial charge in [-0.05, 0) is 18.2 Å². The third-order valence-corrected chi connectivity index (χ3v) is 6.42. The molecule has 0 fully saturated rings. The first-order valence-electron chi connectivity index (χ1n) is 9.61. The van der Waals surface area contributed by atoms with Gasteiger partial charge in [-0.1, -0.05) is 78.9 Å². The van der Waals surface area contributed by atoms with Gasteiger partial charge in [-0.25, -0.2) is 9.97 Å². The zero-order valence-corrected chi connectivity index (χ0v) is 16.4. The van der Waals surface area contributed by atoms with Gasteiger partial charge in [0.2, 0.25) is 0 Å². The lowest BCUT2D eigenvalue weighted by Crippen LogP contribution is -1.95. The monoisotopic (exact) mass is 388 g/mol. The summed E-state index contributed by atoms with van der Waals surface area (Å²) in [5.74, 6) is 0.764. The molecule has 4 aromatic carbocycles. The van der Waals surface area contributed by atoms with Crippen LogP contribution in [0.4, 0.5) is 0 Å². The number of rotatable bonds is 2. The molecule has 0 radical (unpaired) electrons. The second-order valence-corrected chi connectivity index (χ2v) is 8.14. The van der Waals surface area contributed by atoms with Gasteiger partial charge in [0, 0.05) is 36.7 Å². The third-order valence-electron chi connectivity index (χ3n) is 5.29. The van der Waals surface area contributed by atoms with Crippen molar-refractivity contribution in [2.75, 3.05) is 0 Å². The number of aromatic nitrogens is 2. The molecule has 0 saturated heterocycles. The van der Waals surface area contributed by atoms with Gasteiger partial charge >= 0.3 is 0 Å². The van der Waals surface area contributed by atoms with Crippen LogP contribution in [0, 0.1) is 0 Å². The average molecular weight is 388 g/mol. The molecule has 0 amide bonds. The van der Waals surface area contributed by atoms with Crippen molar-refractivity contribution in [1.82, 2.24) is 9.97 Å². The molecular weight excluding hydrogens is 372 g/mol. The Morgan fingerprint density at radius 2 is 1.21 bits per heavy atom. The predicted molar refractivity (Wildman–Crippen MR) is 123 cm³/mol. The summed E-state index contributed by atoms with van der Waals surface area (Å²) in [6.07, 6.45) is 0. The molecule has 3 heteroatoms. The standard InChI is InChI=1S/C26H16N2S/c1-3-9-17(10-4-1)24-20-15-16-22-23(19-13-7-8-14-21(19)29-22)25(20)28-26(27-24)18-11-5-2-6-12-18/h1-16H. The minimum absolute atomic E-state index is 0.764. The second-order valence-electron chi connectivity index (χ2n) is 7.06. The molecule has 2 heterocycles. The molecule has 0 unspecified atom stereocenters. The van der Waals surface area contributed by atoms with Crippen LogP contribution in [0.1, 0.15) is 0 Å². The minimum Gasteiger partial charge on any atom is -0.227 e. The molecule has 0 aliphatic rings. The quantitative estimate of drug-likeness (QED) is 0.310. The highest BCUT2D eigenvalue weighted by Gasteiger charge is 2.16. The van der Waals surface area contributed by atoms with E-state index in [-0.39, 0.29) is 0 Å². The van der Waals surface area contributed by atoms with Gasteiger partial charge in [0.15, 0.2) is 5.82 Å². The fourth-order valence-corrected chi connectivity index (χ4v) is 5.04. The average Bonchev–Trinajstić information content (AvgIpc) is 3.18. The van der Waals surface area contributed by atoms with E-state index >= 15 is 0 Å². The van der Waals surface area contributed by atoms with Crippen LogP contribution in [0.3, 0.4) is 0 Å². The van der Waals surface area contributed by atoms with Crippen molar-refractivity contribution in [3.8, 4) is 22.6 Å². The van der Waals surface area contributed by atoms with E-state index < -0.39 is 0 Å². The Labute approximate surface area is 172 Å². The van der Waals surface area contributed by atoms with E-state index in [9.17, 15) is 0 Å². The molecule has 0 bridgehead atoms. The molecule has 6 rings (SSSR count). The van der Waals surface area contributed by atoms with Crippen molar-refractivity contribution in [2.45, 2.75) is 0 Å². The molecule has 0 aliphatic heterocycles. The topological polar surface area (TPSA) is 25.8 Å². The number of hydrogen-bond acceptors (Lipinski definition) is 3. The normalized spacial score (nSPS) is 11.4. The summed E-state index contributed by atoms with van der Waals surface area (Å²) in [5, 5.41) is 3.57. The van der Waals surface area contributed by atoms with Crippen LogP contribution < -0.4 is 0 Å². The Kier molecular flexibility index (Phi) is 3.68. The largest absolute Gasteiger partial charge is 0.227 e. The molecular formula is C26H16N2S. The summed E-state index contributed by atoms with van der Waals surface area (Å²) in [4.78, 5) is 10.1. The molecule has 0 aliphatic carbocycles. The third kappa shape index (κ3) is 2.63. The maximum Gasteiger partial charge on any atom is 0.160 e. The van der Waals surface area contributed by atoms with E-state index in [0.717, 1.165) is 33.5 Å². The zero-order chi connectivity index (χ0) is 19.2. The maximum atomic E-state index is 5.08. The summed E-state index contributed by atoms with van der Waals surface area (Å²) in [6.45, 7) is 0. The lowest BCUT2D eigenvalue weighted by Gasteiger charge is -2.10. The van der Waals surface area contributed by atoms with Crippen LogP contribution in [0.25, 0.3) is 53.7 Å². The highest BCUT2D eigenvalue weighted by Crippen LogP contribution is 2.40. The highest BCUT2D eigenvalue weighted by atomic mass is 32.1. The van der Waals surface area contributed by atoms with Crippen molar-refractivity contribution in [3.63, 3.8) is 0 Å². The van der Waals surface area contributed by atoms with Gasteiger partial charge in [-0.2, -0.15) is 0 Å². The van der Waals surface area contributed by atoms with Crippen molar-refractivity contribution < 1.29 is 0 Å². The first-order valence-corrected chi connectivity index (χ1v) is 10.4. The first-order chi connectivity index (χ1) is 14.4. The summed E-state index contributed by atoms with van der Waals surface area (Å²) < 4.78 is 2.55. The van der Waals surface area contributed by atoms with Crippen molar-refractivity contribution >= 4 is 42.4 Å². The van der Waals surface area contributed by atoms with Crippen LogP contribution in [0.15, 0.2) is 97.1 Å². The number of benzene rings is 4. The predicted octanol–water partition coefficient (Wildman–Crippen LogP) is 7.33. The molecule has 136 valence electrons. The number of hydrogen-bond donors (Lipinski definition) is 0. The van der Waals surface area contributed by atoms with Gasteiger partial charge in [-0.15, -0.1) is 11.3 Å². The van der Waals surface area contributed by atoms with Gasteiger partial charge in [-0.3, -0.25) is 0 Å². The van der Waals surface area contributed by atoms with E-state index in [4.69, 9.17) is 9.97 Å². The summed E-state index contributed by atoms with van der Waals surface area (Å²) in [5.41, 5.74) is 4.14. The van der Waals surface area contributed by atoms with E-state index in [2.05, 4.69) is 72.8 Å². The highest BCUT2D eigenvalue weighted by molar-refractivity contribution is 7.26. The molecule has 6 aromatic rings. The Balaban J connectivity index is 1.80. The number of fused-ring (bicyclic) bond motifs is 5. The Morgan fingerprint density at radius 1 is 0.517 bits per heavy atom. The van der Waals surface area contributed by atoms with E-state index in [1.54, 1.807) is 0 Å². The minimum atomic E-state index is 0.764. The van der Waals surface area contributed by atoms with Crippen LogP contribution in [-0.4, -0.2) is 9.97 Å². The molecule has 0 N–H and O–H groups in total. The SMILES string of the molecule is c1ccc(-c2nc(-c3ccccc3)c3ccc4sc5ccccc5c4c3n2)cc1. The van der Waals surface area contributed by atoms with Crippen molar-refractivity contribution in [3.05, 3.63) is 97.1 Å². The van der Waals surface area contributed by atoms with Gasteiger partial charge < -0.3 is 0 Å². The maximum absolute atomic E-state index is 5.08. The van der Waals surface area contributed by atoms with E-state index in [1.807, 2.05) is 35.6 Å². The smallest absolute Gasteiger partial charge is 0.160 e. The number of nitrogens with zero attached hydrogens (tertiary/aromatic N) is 2. The molecule has 2 aromatic heterocycles. The lowest BCUT2D eigenvalue weighted by molar-refractivity contribution is 1.23. The van der Waals surface area contributed by atoms with Crippen LogP contribution in [0.2, 0.25) is 0 Å². The second kappa shape index (κ2) is 6.50. The van der Waals surface area contributed by atoms with Gasteiger partial charge in [0.05, 0.1) is 11.2 Å². The van der Waals surface area contributed by atoms with E-state index in [0.29, 0.717) is 0 Å². The van der Waals surface area contributed by atoms with Crippen LogP contribution >= 0.6 is 11.3 Å². The Morgan fingerprint density at radius 3 is 2.00 bits per heavy atom. The molecule has 0 saturated carbocycles. The van der Waals surface area contributed by atoms with Crippen LogP contribution in [0.5, 0.6) is 0 Å². The number of thiophene rings is 1. The van der Waals surface area contributed by atoms with Gasteiger partial charge in [0.25, 0.3) is 0 Å². The fraction of sp³-hybridized carbons (Fsp3) is 0. The van der Waals surface area contributed by atoms with Crippen LogP contribution in [-0.2, 0) is 0 Å². The summed E-state index contributed by atoms with van der Waals surface area (Å²) >= 11 is 1.82. The summed E-state index contributed by atoms with van der Waals surface area (Å²) in [7, 11) is 0. The zero-order valence-electron chi connectivity index (χ0n) is 15.5. The molecule has 2 nitrogen and oxygen atoms in total. The summed E-state index contributed by atoms with van der Waals surface area (Å²) in [6, 6.07) is 33.6. The van der Waals surface area contributed by atoms with Gasteiger partial charge in [0.1, 0.15) is 0 Å². The Hall–Kier alpha value is -3.56. The Bertz CT molecular complexity index is 1490. The molecule has 0 spiro atoms. The fourth-order valence-electron chi connectivity index (χ4n) is 3.94. The van der Waals surface area contributed by atoms with E-state index in [1.165, 1.54) is 20.2 Å². The molecule has 0 atom stereocenters. The lowest BCUT2D eigenvalue weighted by atomic mass is 10.0.